The van der Waals surface area contributed by atoms with Crippen molar-refractivity contribution in [1.29, 1.82) is 0 Å². The van der Waals surface area contributed by atoms with Crippen molar-refractivity contribution in [2.75, 3.05) is 24.4 Å². The van der Waals surface area contributed by atoms with Gasteiger partial charge in [0.2, 0.25) is 0 Å². The summed E-state index contributed by atoms with van der Waals surface area (Å²) in [6.45, 7) is 1.14. The Morgan fingerprint density at radius 2 is 2.11 bits per heavy atom. The van der Waals surface area contributed by atoms with Crippen LogP contribution < -0.4 is 14.8 Å². The number of benzene rings is 1. The molecule has 0 amide bonds. The molecule has 5 heteroatoms. The third-order valence-corrected chi connectivity index (χ3v) is 2.81. The average molecular weight is 280 g/mol. The van der Waals surface area contributed by atoms with Gasteiger partial charge in [-0.15, -0.1) is 11.6 Å². The fourth-order valence-corrected chi connectivity index (χ4v) is 1.72. The molecule has 1 aromatic rings. The van der Waals surface area contributed by atoms with E-state index in [0.29, 0.717) is 18.8 Å². The highest BCUT2D eigenvalue weighted by Crippen LogP contribution is 2.32. The molecule has 0 fully saturated rings. The molecule has 0 saturated carbocycles. The van der Waals surface area contributed by atoms with Crippen LogP contribution in [0.3, 0.4) is 0 Å². The van der Waals surface area contributed by atoms with E-state index in [1.807, 2.05) is 18.2 Å². The van der Waals surface area contributed by atoms with Gasteiger partial charge in [0, 0.05) is 23.5 Å². The molecule has 1 aliphatic heterocycles. The van der Waals surface area contributed by atoms with E-state index in [1.165, 1.54) is 0 Å². The van der Waals surface area contributed by atoms with E-state index in [1.54, 1.807) is 18.4 Å². The molecular weight excluding hydrogens is 266 g/mol. The minimum atomic E-state index is 0.206. The van der Waals surface area contributed by atoms with Crippen LogP contribution in [0.4, 0.5) is 5.69 Å². The summed E-state index contributed by atoms with van der Waals surface area (Å²) < 4.78 is 10.9. The molecule has 2 rings (SSSR count). The zero-order valence-corrected chi connectivity index (χ0v) is 11.0. The second-order valence-corrected chi connectivity index (χ2v) is 4.12. The van der Waals surface area contributed by atoms with Gasteiger partial charge in [-0.25, -0.2) is 0 Å². The van der Waals surface area contributed by atoms with Gasteiger partial charge >= 0.3 is 0 Å². The minimum absolute atomic E-state index is 0.206. The van der Waals surface area contributed by atoms with Crippen LogP contribution in [0.1, 0.15) is 0 Å². The van der Waals surface area contributed by atoms with Gasteiger partial charge in [0.25, 0.3) is 0 Å². The Bertz CT molecular complexity index is 511. The summed E-state index contributed by atoms with van der Waals surface area (Å²) in [6, 6.07) is 5.62. The van der Waals surface area contributed by atoms with Crippen LogP contribution >= 0.6 is 11.6 Å². The van der Waals surface area contributed by atoms with Crippen molar-refractivity contribution in [2.24, 2.45) is 0 Å². The van der Waals surface area contributed by atoms with Crippen LogP contribution in [-0.4, -0.2) is 25.4 Å². The molecule has 1 aromatic carbocycles. The molecule has 1 N–H and O–H groups in total. The van der Waals surface area contributed by atoms with E-state index in [0.717, 1.165) is 23.5 Å². The SMILES string of the molecule is O=C/C(=C\C=C/Nc1ccc2c(c1)OCCO2)CCl. The lowest BCUT2D eigenvalue weighted by Crippen LogP contribution is -2.15. The summed E-state index contributed by atoms with van der Waals surface area (Å²) in [5.41, 5.74) is 1.41. The van der Waals surface area contributed by atoms with E-state index < -0.39 is 0 Å². The first-order valence-corrected chi connectivity index (χ1v) is 6.40. The third kappa shape index (κ3) is 3.76. The Labute approximate surface area is 116 Å². The summed E-state index contributed by atoms with van der Waals surface area (Å²) >= 11 is 5.56. The number of hydrogen-bond donors (Lipinski definition) is 1. The first kappa shape index (κ1) is 13.5. The smallest absolute Gasteiger partial charge is 0.163 e. The molecular formula is C14H14ClNO3. The number of carbonyl (C=O) groups is 1. The Morgan fingerprint density at radius 3 is 2.84 bits per heavy atom. The predicted octanol–water partition coefficient (Wildman–Crippen LogP) is 2.75. The quantitative estimate of drug-likeness (QED) is 0.390. The molecule has 0 saturated heterocycles. The Balaban J connectivity index is 1.98. The van der Waals surface area contributed by atoms with Gasteiger partial charge in [0.1, 0.15) is 19.5 Å². The van der Waals surface area contributed by atoms with Crippen molar-refractivity contribution in [3.05, 3.63) is 42.1 Å². The van der Waals surface area contributed by atoms with Crippen molar-refractivity contribution in [1.82, 2.24) is 0 Å². The molecule has 100 valence electrons. The summed E-state index contributed by atoms with van der Waals surface area (Å²) in [5.74, 6) is 1.69. The molecule has 1 heterocycles. The monoisotopic (exact) mass is 279 g/mol. The summed E-state index contributed by atoms with van der Waals surface area (Å²) in [5, 5.41) is 3.08. The third-order valence-electron chi connectivity index (χ3n) is 2.50. The van der Waals surface area contributed by atoms with Gasteiger partial charge in [0.05, 0.1) is 5.88 Å². The van der Waals surface area contributed by atoms with E-state index in [4.69, 9.17) is 21.1 Å². The number of nitrogens with one attached hydrogen (secondary N) is 1. The maximum Gasteiger partial charge on any atom is 0.163 e. The molecule has 0 aliphatic carbocycles. The molecule has 0 atom stereocenters. The lowest BCUT2D eigenvalue weighted by atomic mass is 10.2. The second-order valence-electron chi connectivity index (χ2n) is 3.85. The standard InChI is InChI=1S/C14H14ClNO3/c15-9-11(10-17)2-1-5-16-12-3-4-13-14(8-12)19-7-6-18-13/h1-5,8,10,16H,6-7,9H2/b5-1-,11-2-. The molecule has 0 bridgehead atoms. The first-order valence-electron chi connectivity index (χ1n) is 5.86. The molecule has 1 aliphatic rings. The number of halogens is 1. The Morgan fingerprint density at radius 1 is 1.32 bits per heavy atom. The van der Waals surface area contributed by atoms with Crippen LogP contribution in [0.15, 0.2) is 42.1 Å². The molecule has 4 nitrogen and oxygen atoms in total. The fraction of sp³-hybridized carbons (Fsp3) is 0.214. The number of carbonyl (C=O) groups excluding carboxylic acids is 1. The highest BCUT2D eigenvalue weighted by molar-refractivity contribution is 6.21. The van der Waals surface area contributed by atoms with Gasteiger partial charge in [-0.3, -0.25) is 4.79 Å². The number of anilines is 1. The van der Waals surface area contributed by atoms with Gasteiger partial charge in [-0.05, 0) is 18.2 Å². The Kier molecular flexibility index (Phi) is 4.86. The largest absolute Gasteiger partial charge is 0.486 e. The van der Waals surface area contributed by atoms with Crippen LogP contribution in [0.5, 0.6) is 11.5 Å². The highest BCUT2D eigenvalue weighted by atomic mass is 35.5. The second kappa shape index (κ2) is 6.85. The maximum absolute atomic E-state index is 10.5. The Hall–Kier alpha value is -1.94. The maximum atomic E-state index is 10.5. The van der Waals surface area contributed by atoms with Gasteiger partial charge in [0.15, 0.2) is 11.5 Å². The topological polar surface area (TPSA) is 47.6 Å². The minimum Gasteiger partial charge on any atom is -0.486 e. The van der Waals surface area contributed by atoms with E-state index in [2.05, 4.69) is 5.32 Å². The van der Waals surface area contributed by atoms with Gasteiger partial charge in [-0.2, -0.15) is 0 Å². The molecule has 19 heavy (non-hydrogen) atoms. The molecule has 0 spiro atoms. The number of ether oxygens (including phenoxy) is 2. The molecule has 0 unspecified atom stereocenters. The number of rotatable bonds is 5. The molecule has 0 radical (unpaired) electrons. The van der Waals surface area contributed by atoms with Crippen molar-refractivity contribution >= 4 is 23.6 Å². The lowest BCUT2D eigenvalue weighted by Gasteiger charge is -2.18. The predicted molar refractivity (Wildman–Crippen MR) is 75.1 cm³/mol. The van der Waals surface area contributed by atoms with E-state index in [9.17, 15) is 4.79 Å². The van der Waals surface area contributed by atoms with E-state index in [-0.39, 0.29) is 5.88 Å². The fourth-order valence-electron chi connectivity index (χ4n) is 1.56. The zero-order chi connectivity index (χ0) is 13.5. The van der Waals surface area contributed by atoms with Crippen LogP contribution in [-0.2, 0) is 4.79 Å². The van der Waals surface area contributed by atoms with Crippen molar-refractivity contribution in [2.45, 2.75) is 0 Å². The summed E-state index contributed by atoms with van der Waals surface area (Å²) in [4.78, 5) is 10.5. The number of fused-ring (bicyclic) bond motifs is 1. The van der Waals surface area contributed by atoms with Crippen molar-refractivity contribution in [3.63, 3.8) is 0 Å². The van der Waals surface area contributed by atoms with E-state index >= 15 is 0 Å². The van der Waals surface area contributed by atoms with Crippen LogP contribution in [0.25, 0.3) is 0 Å². The summed E-state index contributed by atoms with van der Waals surface area (Å²) in [6.07, 6.45) is 5.84. The van der Waals surface area contributed by atoms with Gasteiger partial charge < -0.3 is 14.8 Å². The molecule has 0 aromatic heterocycles. The van der Waals surface area contributed by atoms with Gasteiger partial charge in [-0.1, -0.05) is 6.08 Å². The normalized spacial score (nSPS) is 14.5. The zero-order valence-electron chi connectivity index (χ0n) is 10.3. The number of allylic oxidation sites excluding steroid dienone is 3. The van der Waals surface area contributed by atoms with Crippen LogP contribution in [0, 0.1) is 0 Å². The average Bonchev–Trinajstić information content (AvgIpc) is 2.47. The lowest BCUT2D eigenvalue weighted by molar-refractivity contribution is -0.104. The van der Waals surface area contributed by atoms with Crippen molar-refractivity contribution < 1.29 is 14.3 Å². The number of hydrogen-bond acceptors (Lipinski definition) is 4. The van der Waals surface area contributed by atoms with Crippen molar-refractivity contribution in [3.8, 4) is 11.5 Å². The highest BCUT2D eigenvalue weighted by Gasteiger charge is 2.10. The number of aldehydes is 1. The van der Waals surface area contributed by atoms with Crippen LogP contribution in [0.2, 0.25) is 0 Å². The number of alkyl halides is 1. The first-order chi connectivity index (χ1) is 9.33. The summed E-state index contributed by atoms with van der Waals surface area (Å²) in [7, 11) is 0.